The van der Waals surface area contributed by atoms with E-state index in [4.69, 9.17) is 11.6 Å². The molecule has 2 aromatic rings. The molecule has 1 amide bonds. The van der Waals surface area contributed by atoms with E-state index in [9.17, 15) is 20.0 Å². The van der Waals surface area contributed by atoms with Crippen molar-refractivity contribution in [2.45, 2.75) is 0 Å². The van der Waals surface area contributed by atoms with Crippen LogP contribution in [0.1, 0.15) is 11.1 Å². The molecule has 0 radical (unpaired) electrons. The summed E-state index contributed by atoms with van der Waals surface area (Å²) in [6, 6.07) is 9.44. The molecular formula is C18H13ClN4O4. The molecule has 136 valence electrons. The van der Waals surface area contributed by atoms with Crippen molar-refractivity contribution in [3.05, 3.63) is 75.3 Å². The highest BCUT2D eigenvalue weighted by molar-refractivity contribution is 6.54. The van der Waals surface area contributed by atoms with Crippen LogP contribution in [0.3, 0.4) is 0 Å². The molecule has 0 unspecified atom stereocenters. The largest absolute Gasteiger partial charge is 0.502 e. The standard InChI is InChI=1S/C18H13ClN4O4/c1-2-7-22-14-6-4-3-5-13(14)16(18(22)25)21-20-10-11-8-12(19)9-15(17(11)24)23(26)27/h2-6,8-10,24H,1,7H2/b20-10+,21-16-. The number of carbonyl (C=O) groups is 1. The number of rotatable bonds is 5. The normalized spacial score (nSPS) is 14.8. The number of fused-ring (bicyclic) bond motifs is 1. The van der Waals surface area contributed by atoms with Crippen LogP contribution in [0, 0.1) is 10.1 Å². The lowest BCUT2D eigenvalue weighted by Crippen LogP contribution is -2.30. The number of halogens is 1. The molecule has 0 saturated heterocycles. The Bertz CT molecular complexity index is 1020. The number of carbonyl (C=O) groups excluding carboxylic acids is 1. The number of para-hydroxylation sites is 1. The smallest absolute Gasteiger partial charge is 0.312 e. The molecule has 0 bridgehead atoms. The lowest BCUT2D eigenvalue weighted by Gasteiger charge is -2.13. The maximum Gasteiger partial charge on any atom is 0.312 e. The molecule has 9 heteroatoms. The number of anilines is 1. The monoisotopic (exact) mass is 384 g/mol. The molecule has 1 aliphatic heterocycles. The van der Waals surface area contributed by atoms with Crippen molar-refractivity contribution in [1.29, 1.82) is 0 Å². The van der Waals surface area contributed by atoms with E-state index in [1.54, 1.807) is 30.3 Å². The molecule has 2 aromatic carbocycles. The summed E-state index contributed by atoms with van der Waals surface area (Å²) in [5.74, 6) is -0.922. The van der Waals surface area contributed by atoms with Crippen molar-refractivity contribution in [3.8, 4) is 5.75 Å². The molecule has 0 fully saturated rings. The van der Waals surface area contributed by atoms with Crippen LogP contribution in [0.4, 0.5) is 11.4 Å². The van der Waals surface area contributed by atoms with Gasteiger partial charge < -0.3 is 10.0 Å². The van der Waals surface area contributed by atoms with E-state index in [-0.39, 0.29) is 22.2 Å². The number of aromatic hydroxyl groups is 1. The number of phenols is 1. The molecule has 8 nitrogen and oxygen atoms in total. The summed E-state index contributed by atoms with van der Waals surface area (Å²) >= 11 is 5.83. The number of benzene rings is 2. The van der Waals surface area contributed by atoms with Gasteiger partial charge in [0.25, 0.3) is 5.91 Å². The van der Waals surface area contributed by atoms with Crippen molar-refractivity contribution < 1.29 is 14.8 Å². The van der Waals surface area contributed by atoms with Crippen LogP contribution < -0.4 is 4.90 Å². The van der Waals surface area contributed by atoms with Crippen LogP contribution in [0.2, 0.25) is 5.02 Å². The van der Waals surface area contributed by atoms with Gasteiger partial charge in [-0.2, -0.15) is 5.10 Å². The molecule has 0 saturated carbocycles. The van der Waals surface area contributed by atoms with E-state index in [0.29, 0.717) is 17.8 Å². The molecule has 0 aromatic heterocycles. The lowest BCUT2D eigenvalue weighted by atomic mass is 10.1. The average molecular weight is 385 g/mol. The number of phenolic OH excluding ortho intramolecular Hbond substituents is 1. The van der Waals surface area contributed by atoms with Crippen LogP contribution in [0.25, 0.3) is 0 Å². The second-order valence-electron chi connectivity index (χ2n) is 5.53. The number of amides is 1. The second-order valence-corrected chi connectivity index (χ2v) is 5.97. The molecule has 1 heterocycles. The Morgan fingerprint density at radius 1 is 1.33 bits per heavy atom. The Kier molecular flexibility index (Phi) is 5.00. The fraction of sp³-hybridized carbons (Fsp3) is 0.0556. The molecule has 0 aliphatic carbocycles. The van der Waals surface area contributed by atoms with E-state index >= 15 is 0 Å². The van der Waals surface area contributed by atoms with Crippen molar-refractivity contribution in [1.82, 2.24) is 0 Å². The fourth-order valence-electron chi connectivity index (χ4n) is 2.66. The van der Waals surface area contributed by atoms with Gasteiger partial charge in [0, 0.05) is 28.8 Å². The topological polar surface area (TPSA) is 108 Å². The van der Waals surface area contributed by atoms with Crippen LogP contribution in [-0.2, 0) is 4.79 Å². The highest BCUT2D eigenvalue weighted by Gasteiger charge is 2.33. The van der Waals surface area contributed by atoms with Gasteiger partial charge in [-0.05, 0) is 12.1 Å². The van der Waals surface area contributed by atoms with Gasteiger partial charge in [0.05, 0.1) is 16.8 Å². The summed E-state index contributed by atoms with van der Waals surface area (Å²) < 4.78 is 0. The third kappa shape index (κ3) is 3.42. The minimum atomic E-state index is -0.756. The Hall–Kier alpha value is -3.52. The first-order valence-corrected chi connectivity index (χ1v) is 8.12. The van der Waals surface area contributed by atoms with Crippen LogP contribution >= 0.6 is 11.6 Å². The average Bonchev–Trinajstić information content (AvgIpc) is 2.90. The summed E-state index contributed by atoms with van der Waals surface area (Å²) in [5, 5.41) is 28.8. The maximum atomic E-state index is 12.6. The fourth-order valence-corrected chi connectivity index (χ4v) is 2.88. The molecule has 27 heavy (non-hydrogen) atoms. The first kappa shape index (κ1) is 18.3. The Morgan fingerprint density at radius 2 is 2.07 bits per heavy atom. The van der Waals surface area contributed by atoms with E-state index in [2.05, 4.69) is 16.8 Å². The zero-order valence-electron chi connectivity index (χ0n) is 13.9. The van der Waals surface area contributed by atoms with Crippen molar-refractivity contribution in [2.75, 3.05) is 11.4 Å². The summed E-state index contributed by atoms with van der Waals surface area (Å²) in [5.41, 5.74) is 0.899. The maximum absolute atomic E-state index is 12.6. The molecular weight excluding hydrogens is 372 g/mol. The van der Waals surface area contributed by atoms with Crippen LogP contribution in [0.15, 0.2) is 59.3 Å². The van der Waals surface area contributed by atoms with Gasteiger partial charge in [-0.25, -0.2) is 0 Å². The first-order chi connectivity index (χ1) is 12.9. The van der Waals surface area contributed by atoms with Gasteiger partial charge in [0.2, 0.25) is 5.75 Å². The molecule has 0 atom stereocenters. The van der Waals surface area contributed by atoms with E-state index < -0.39 is 16.4 Å². The van der Waals surface area contributed by atoms with Gasteiger partial charge in [-0.1, -0.05) is 35.9 Å². The number of hydrogen-bond acceptors (Lipinski definition) is 6. The van der Waals surface area contributed by atoms with Crippen molar-refractivity contribution >= 4 is 40.8 Å². The Morgan fingerprint density at radius 3 is 2.78 bits per heavy atom. The first-order valence-electron chi connectivity index (χ1n) is 7.74. The summed E-state index contributed by atoms with van der Waals surface area (Å²) in [4.78, 5) is 24.3. The zero-order chi connectivity index (χ0) is 19.6. The summed E-state index contributed by atoms with van der Waals surface area (Å²) in [6.45, 7) is 3.96. The number of nitrogens with zero attached hydrogens (tertiary/aromatic N) is 4. The molecule has 1 aliphatic rings. The van der Waals surface area contributed by atoms with E-state index in [1.165, 1.54) is 11.0 Å². The third-order valence-electron chi connectivity index (χ3n) is 3.84. The predicted octanol–water partition coefficient (Wildman–Crippen LogP) is 3.31. The van der Waals surface area contributed by atoms with Gasteiger partial charge in [0.1, 0.15) is 0 Å². The Balaban J connectivity index is 1.98. The van der Waals surface area contributed by atoms with Gasteiger partial charge >= 0.3 is 5.69 Å². The molecule has 1 N–H and O–H groups in total. The number of nitro groups is 1. The second kappa shape index (κ2) is 7.38. The van der Waals surface area contributed by atoms with Crippen LogP contribution in [-0.4, -0.2) is 34.4 Å². The van der Waals surface area contributed by atoms with Gasteiger partial charge in [0.15, 0.2) is 5.71 Å². The molecule has 3 rings (SSSR count). The SMILES string of the molecule is C=CCN1C(=O)/C(=N\N=C\c2cc(Cl)cc([N+](=O)[O-])c2O)c2ccccc21. The summed E-state index contributed by atoms with van der Waals surface area (Å²) in [7, 11) is 0. The Labute approximate surface area is 158 Å². The van der Waals surface area contributed by atoms with Crippen molar-refractivity contribution in [2.24, 2.45) is 10.2 Å². The predicted molar refractivity (Wildman–Crippen MR) is 103 cm³/mol. The summed E-state index contributed by atoms with van der Waals surface area (Å²) in [6.07, 6.45) is 2.71. The molecule has 0 spiro atoms. The zero-order valence-corrected chi connectivity index (χ0v) is 14.6. The van der Waals surface area contributed by atoms with Gasteiger partial charge in [-0.3, -0.25) is 14.9 Å². The highest BCUT2D eigenvalue weighted by Crippen LogP contribution is 2.32. The quantitative estimate of drug-likeness (QED) is 0.369. The number of hydrogen-bond donors (Lipinski definition) is 1. The van der Waals surface area contributed by atoms with E-state index in [0.717, 1.165) is 12.3 Å². The van der Waals surface area contributed by atoms with Crippen molar-refractivity contribution in [3.63, 3.8) is 0 Å². The van der Waals surface area contributed by atoms with E-state index in [1.807, 2.05) is 0 Å². The highest BCUT2D eigenvalue weighted by atomic mass is 35.5. The van der Waals surface area contributed by atoms with Gasteiger partial charge in [-0.15, -0.1) is 11.7 Å². The van der Waals surface area contributed by atoms with Crippen LogP contribution in [0.5, 0.6) is 5.75 Å². The minimum absolute atomic E-state index is 0.0141. The third-order valence-corrected chi connectivity index (χ3v) is 4.06. The minimum Gasteiger partial charge on any atom is -0.502 e. The lowest BCUT2D eigenvalue weighted by molar-refractivity contribution is -0.385. The number of nitro benzene ring substituents is 1.